The maximum absolute atomic E-state index is 13.2. The van der Waals surface area contributed by atoms with Gasteiger partial charge in [-0.15, -0.1) is 0 Å². The predicted molar refractivity (Wildman–Crippen MR) is 109 cm³/mol. The van der Waals surface area contributed by atoms with Gasteiger partial charge in [-0.3, -0.25) is 4.79 Å². The zero-order valence-corrected chi connectivity index (χ0v) is 17.0. The zero-order chi connectivity index (χ0) is 19.7. The van der Waals surface area contributed by atoms with Gasteiger partial charge in [-0.25, -0.2) is 8.42 Å². The molecule has 0 saturated carbocycles. The Morgan fingerprint density at radius 3 is 2.57 bits per heavy atom. The number of likely N-dealkylation sites (tertiary alicyclic amines) is 1. The van der Waals surface area contributed by atoms with E-state index in [2.05, 4.69) is 13.0 Å². The van der Waals surface area contributed by atoms with Crippen LogP contribution in [0.3, 0.4) is 0 Å². The lowest BCUT2D eigenvalue weighted by Crippen LogP contribution is -2.42. The molecular weight excluding hydrogens is 372 g/mol. The molecule has 1 saturated heterocycles. The third kappa shape index (κ3) is 3.59. The minimum atomic E-state index is -3.64. The molecule has 0 N–H and O–H groups in total. The summed E-state index contributed by atoms with van der Waals surface area (Å²) in [4.78, 5) is 15.0. The number of fused-ring (bicyclic) bond motifs is 1. The van der Waals surface area contributed by atoms with Crippen molar-refractivity contribution >= 4 is 15.9 Å². The molecule has 1 fully saturated rings. The first-order valence-corrected chi connectivity index (χ1v) is 11.4. The van der Waals surface area contributed by atoms with Gasteiger partial charge in [0, 0.05) is 31.2 Å². The molecule has 0 radical (unpaired) electrons. The lowest BCUT2D eigenvalue weighted by molar-refractivity contribution is 0.0635. The van der Waals surface area contributed by atoms with Gasteiger partial charge < -0.3 is 4.90 Å². The normalized spacial score (nSPS) is 20.6. The summed E-state index contributed by atoms with van der Waals surface area (Å²) >= 11 is 0. The molecule has 0 aromatic heterocycles. The molecule has 4 rings (SSSR count). The smallest absolute Gasteiger partial charge is 0.254 e. The lowest BCUT2D eigenvalue weighted by atomic mass is 10.0. The van der Waals surface area contributed by atoms with Crippen LogP contribution in [0, 0.1) is 0 Å². The van der Waals surface area contributed by atoms with E-state index in [9.17, 15) is 13.2 Å². The van der Waals surface area contributed by atoms with E-state index in [1.807, 2.05) is 23.1 Å². The van der Waals surface area contributed by atoms with E-state index in [1.165, 1.54) is 9.87 Å². The highest BCUT2D eigenvalue weighted by molar-refractivity contribution is 7.89. The Morgan fingerprint density at radius 2 is 1.79 bits per heavy atom. The van der Waals surface area contributed by atoms with Crippen molar-refractivity contribution in [1.29, 1.82) is 0 Å². The van der Waals surface area contributed by atoms with Crippen molar-refractivity contribution in [2.75, 3.05) is 13.1 Å². The maximum Gasteiger partial charge on any atom is 0.254 e. The molecule has 6 heteroatoms. The average Bonchev–Trinajstić information content (AvgIpc) is 2.73. The molecule has 2 aliphatic rings. The minimum absolute atomic E-state index is 0.0757. The van der Waals surface area contributed by atoms with E-state index in [0.29, 0.717) is 25.1 Å². The number of rotatable bonds is 3. The highest BCUT2D eigenvalue weighted by Crippen LogP contribution is 2.26. The Bertz CT molecular complexity index is 987. The van der Waals surface area contributed by atoms with E-state index in [0.717, 1.165) is 31.4 Å². The van der Waals surface area contributed by atoms with Crippen LogP contribution in [0.5, 0.6) is 0 Å². The fraction of sp³-hybridized carbons (Fsp3) is 0.409. The van der Waals surface area contributed by atoms with Crippen LogP contribution in [0.2, 0.25) is 0 Å². The van der Waals surface area contributed by atoms with Gasteiger partial charge in [-0.1, -0.05) is 30.3 Å². The Balaban J connectivity index is 1.59. The zero-order valence-electron chi connectivity index (χ0n) is 16.2. The van der Waals surface area contributed by atoms with Gasteiger partial charge >= 0.3 is 0 Å². The molecule has 1 amide bonds. The number of piperidine rings is 1. The second-order valence-corrected chi connectivity index (χ2v) is 9.67. The number of benzene rings is 2. The van der Waals surface area contributed by atoms with Crippen LogP contribution in [-0.2, 0) is 23.0 Å². The molecule has 0 aliphatic carbocycles. The topological polar surface area (TPSA) is 57.7 Å². The van der Waals surface area contributed by atoms with Gasteiger partial charge in [0.1, 0.15) is 0 Å². The number of carbonyl (C=O) groups excluding carboxylic acids is 1. The Labute approximate surface area is 167 Å². The van der Waals surface area contributed by atoms with Crippen LogP contribution in [-0.4, -0.2) is 42.7 Å². The van der Waals surface area contributed by atoms with Crippen molar-refractivity contribution in [2.24, 2.45) is 0 Å². The fourth-order valence-electron chi connectivity index (χ4n) is 4.18. The van der Waals surface area contributed by atoms with Gasteiger partial charge in [-0.2, -0.15) is 4.31 Å². The van der Waals surface area contributed by atoms with Crippen molar-refractivity contribution in [3.05, 3.63) is 65.2 Å². The standard InChI is InChI=1S/C22H26N2O3S/c1-17-7-4-5-13-24(17)22(25)19-10-6-11-21(15-19)28(26,27)23-14-12-18-8-2-3-9-20(18)16-23/h2-3,6,8-11,15,17H,4-5,7,12-14,16H2,1H3. The first-order valence-electron chi connectivity index (χ1n) is 9.95. The number of sulfonamides is 1. The van der Waals surface area contributed by atoms with Crippen molar-refractivity contribution in [3.8, 4) is 0 Å². The van der Waals surface area contributed by atoms with Crippen molar-refractivity contribution in [2.45, 2.75) is 50.1 Å². The largest absolute Gasteiger partial charge is 0.336 e. The van der Waals surface area contributed by atoms with Crippen LogP contribution in [0.25, 0.3) is 0 Å². The van der Waals surface area contributed by atoms with E-state index in [-0.39, 0.29) is 16.8 Å². The van der Waals surface area contributed by atoms with Gasteiger partial charge in [0.05, 0.1) is 4.90 Å². The quantitative estimate of drug-likeness (QED) is 0.796. The number of hydrogen-bond acceptors (Lipinski definition) is 3. The van der Waals surface area contributed by atoms with Crippen LogP contribution in [0.4, 0.5) is 0 Å². The van der Waals surface area contributed by atoms with Gasteiger partial charge in [0.25, 0.3) is 5.91 Å². The molecular formula is C22H26N2O3S. The van der Waals surface area contributed by atoms with Crippen molar-refractivity contribution in [1.82, 2.24) is 9.21 Å². The third-order valence-electron chi connectivity index (χ3n) is 5.88. The Kier molecular flexibility index (Phi) is 5.25. The molecule has 1 unspecified atom stereocenters. The average molecular weight is 399 g/mol. The summed E-state index contributed by atoms with van der Waals surface area (Å²) in [5, 5.41) is 0. The summed E-state index contributed by atoms with van der Waals surface area (Å²) in [6.07, 6.45) is 3.84. The summed E-state index contributed by atoms with van der Waals surface area (Å²) in [5.74, 6) is -0.0757. The first-order chi connectivity index (χ1) is 13.5. The fourth-order valence-corrected chi connectivity index (χ4v) is 5.64. The van der Waals surface area contributed by atoms with E-state index in [4.69, 9.17) is 0 Å². The van der Waals surface area contributed by atoms with E-state index >= 15 is 0 Å². The van der Waals surface area contributed by atoms with Crippen molar-refractivity contribution in [3.63, 3.8) is 0 Å². The summed E-state index contributed by atoms with van der Waals surface area (Å²) < 4.78 is 27.9. The molecule has 2 aliphatic heterocycles. The highest BCUT2D eigenvalue weighted by atomic mass is 32.2. The molecule has 0 bridgehead atoms. The second-order valence-electron chi connectivity index (χ2n) is 7.73. The summed E-state index contributed by atoms with van der Waals surface area (Å²) in [7, 11) is -3.64. The molecule has 148 valence electrons. The first kappa shape index (κ1) is 19.2. The van der Waals surface area contributed by atoms with E-state index in [1.54, 1.807) is 24.3 Å². The lowest BCUT2D eigenvalue weighted by Gasteiger charge is -2.33. The van der Waals surface area contributed by atoms with Crippen LogP contribution >= 0.6 is 0 Å². The second kappa shape index (κ2) is 7.68. The third-order valence-corrected chi connectivity index (χ3v) is 7.72. The highest BCUT2D eigenvalue weighted by Gasteiger charge is 2.30. The van der Waals surface area contributed by atoms with Gasteiger partial charge in [-0.05, 0) is 61.9 Å². The molecule has 1 atom stereocenters. The minimum Gasteiger partial charge on any atom is -0.336 e. The Hall–Kier alpha value is -2.18. The predicted octanol–water partition coefficient (Wildman–Crippen LogP) is 3.45. The number of amides is 1. The van der Waals surface area contributed by atoms with Gasteiger partial charge in [0.2, 0.25) is 10.0 Å². The van der Waals surface area contributed by atoms with Crippen LogP contribution < -0.4 is 0 Å². The maximum atomic E-state index is 13.2. The molecule has 0 spiro atoms. The molecule has 2 aromatic rings. The van der Waals surface area contributed by atoms with Crippen LogP contribution in [0.15, 0.2) is 53.4 Å². The Morgan fingerprint density at radius 1 is 1.00 bits per heavy atom. The van der Waals surface area contributed by atoms with Gasteiger partial charge in [0.15, 0.2) is 0 Å². The van der Waals surface area contributed by atoms with Crippen LogP contribution in [0.1, 0.15) is 47.7 Å². The molecule has 2 heterocycles. The molecule has 2 aromatic carbocycles. The van der Waals surface area contributed by atoms with E-state index < -0.39 is 10.0 Å². The number of hydrogen-bond donors (Lipinski definition) is 0. The summed E-state index contributed by atoms with van der Waals surface area (Å²) in [6, 6.07) is 14.7. The molecule has 5 nitrogen and oxygen atoms in total. The number of nitrogens with zero attached hydrogens (tertiary/aromatic N) is 2. The molecule has 28 heavy (non-hydrogen) atoms. The SMILES string of the molecule is CC1CCCCN1C(=O)c1cccc(S(=O)(=O)N2CCc3ccccc3C2)c1. The number of carbonyl (C=O) groups is 1. The summed E-state index contributed by atoms with van der Waals surface area (Å²) in [5.41, 5.74) is 2.70. The monoisotopic (exact) mass is 398 g/mol. The van der Waals surface area contributed by atoms with Crippen molar-refractivity contribution < 1.29 is 13.2 Å². The summed E-state index contributed by atoms with van der Waals surface area (Å²) in [6.45, 7) is 3.63.